The standard InChI is InChI=1S/C18H24N2O2/c1-3-17-12-21-18(22-17,13-20-11-10-19-14-20)9-8-16-6-4-15(2)5-7-16/h4-7,10-11,14,17H,3,8-9,12-13H2,1-2H3. The SMILES string of the molecule is CCC1COC(CCc2ccc(C)cc2)(Cn2ccnc2)O1. The molecule has 0 amide bonds. The maximum atomic E-state index is 6.25. The second kappa shape index (κ2) is 6.63. The number of hydrogen-bond acceptors (Lipinski definition) is 3. The molecule has 2 unspecified atom stereocenters. The number of benzene rings is 1. The quantitative estimate of drug-likeness (QED) is 0.821. The van der Waals surface area contributed by atoms with Gasteiger partial charge in [0.25, 0.3) is 0 Å². The number of nitrogens with zero attached hydrogens (tertiary/aromatic N) is 2. The van der Waals surface area contributed by atoms with Crippen LogP contribution in [0.1, 0.15) is 30.9 Å². The lowest BCUT2D eigenvalue weighted by Gasteiger charge is -2.28. The van der Waals surface area contributed by atoms with Crippen molar-refractivity contribution in [1.29, 1.82) is 0 Å². The van der Waals surface area contributed by atoms with Crippen LogP contribution >= 0.6 is 0 Å². The minimum atomic E-state index is -0.535. The molecule has 0 spiro atoms. The Bertz CT molecular complexity index is 580. The lowest BCUT2D eigenvalue weighted by molar-refractivity contribution is -0.182. The minimum absolute atomic E-state index is 0.196. The van der Waals surface area contributed by atoms with Crippen molar-refractivity contribution in [2.75, 3.05) is 6.61 Å². The van der Waals surface area contributed by atoms with Crippen molar-refractivity contribution in [2.45, 2.75) is 51.5 Å². The van der Waals surface area contributed by atoms with Crippen molar-refractivity contribution in [2.24, 2.45) is 0 Å². The molecule has 0 saturated carbocycles. The van der Waals surface area contributed by atoms with E-state index in [1.807, 2.05) is 17.1 Å². The van der Waals surface area contributed by atoms with Gasteiger partial charge in [-0.15, -0.1) is 0 Å². The van der Waals surface area contributed by atoms with Crippen molar-refractivity contribution in [1.82, 2.24) is 9.55 Å². The van der Waals surface area contributed by atoms with Gasteiger partial charge in [-0.1, -0.05) is 36.8 Å². The molecule has 1 aliphatic heterocycles. The fourth-order valence-electron chi connectivity index (χ4n) is 2.86. The minimum Gasteiger partial charge on any atom is -0.345 e. The molecule has 2 atom stereocenters. The molecule has 1 saturated heterocycles. The van der Waals surface area contributed by atoms with Crippen molar-refractivity contribution in [3.63, 3.8) is 0 Å². The fourth-order valence-corrected chi connectivity index (χ4v) is 2.86. The molecular formula is C18H24N2O2. The largest absolute Gasteiger partial charge is 0.345 e. The van der Waals surface area contributed by atoms with Crippen molar-refractivity contribution < 1.29 is 9.47 Å². The van der Waals surface area contributed by atoms with E-state index < -0.39 is 5.79 Å². The molecular weight excluding hydrogens is 276 g/mol. The van der Waals surface area contributed by atoms with Crippen molar-refractivity contribution in [3.8, 4) is 0 Å². The van der Waals surface area contributed by atoms with E-state index in [1.54, 1.807) is 6.20 Å². The van der Waals surface area contributed by atoms with Crippen LogP contribution in [0.5, 0.6) is 0 Å². The predicted molar refractivity (Wildman–Crippen MR) is 85.6 cm³/mol. The van der Waals surface area contributed by atoms with Gasteiger partial charge in [-0.3, -0.25) is 0 Å². The molecule has 22 heavy (non-hydrogen) atoms. The van der Waals surface area contributed by atoms with Gasteiger partial charge in [-0.05, 0) is 25.3 Å². The summed E-state index contributed by atoms with van der Waals surface area (Å²) in [6.07, 6.45) is 8.55. The Kier molecular flexibility index (Phi) is 4.60. The van der Waals surface area contributed by atoms with Gasteiger partial charge in [0.1, 0.15) is 0 Å². The van der Waals surface area contributed by atoms with Crippen molar-refractivity contribution in [3.05, 3.63) is 54.1 Å². The van der Waals surface area contributed by atoms with Crippen LogP contribution in [0.4, 0.5) is 0 Å². The molecule has 4 heteroatoms. The molecule has 2 heterocycles. The normalized spacial score (nSPS) is 24.7. The summed E-state index contributed by atoms with van der Waals surface area (Å²) in [5, 5.41) is 0. The Morgan fingerprint density at radius 2 is 2.14 bits per heavy atom. The molecule has 0 radical (unpaired) electrons. The molecule has 0 aliphatic carbocycles. The number of ether oxygens (including phenoxy) is 2. The molecule has 0 N–H and O–H groups in total. The molecule has 1 aromatic carbocycles. The van der Waals surface area contributed by atoms with Gasteiger partial charge < -0.3 is 14.0 Å². The van der Waals surface area contributed by atoms with E-state index >= 15 is 0 Å². The highest BCUT2D eigenvalue weighted by molar-refractivity contribution is 5.21. The zero-order valence-electron chi connectivity index (χ0n) is 13.4. The van der Waals surface area contributed by atoms with Crippen LogP contribution in [0.15, 0.2) is 43.0 Å². The van der Waals surface area contributed by atoms with E-state index in [9.17, 15) is 0 Å². The molecule has 0 bridgehead atoms. The maximum absolute atomic E-state index is 6.25. The van der Waals surface area contributed by atoms with Gasteiger partial charge in [0.2, 0.25) is 0 Å². The molecule has 4 nitrogen and oxygen atoms in total. The third kappa shape index (κ3) is 3.57. The van der Waals surface area contributed by atoms with Crippen LogP contribution < -0.4 is 0 Å². The summed E-state index contributed by atoms with van der Waals surface area (Å²) >= 11 is 0. The number of hydrogen-bond donors (Lipinski definition) is 0. The molecule has 1 aromatic heterocycles. The monoisotopic (exact) mass is 300 g/mol. The molecule has 3 rings (SSSR count). The van der Waals surface area contributed by atoms with Gasteiger partial charge in [0, 0.05) is 18.8 Å². The van der Waals surface area contributed by atoms with E-state index in [-0.39, 0.29) is 6.10 Å². The summed E-state index contributed by atoms with van der Waals surface area (Å²) in [4.78, 5) is 4.11. The van der Waals surface area contributed by atoms with Crippen LogP contribution in [0.2, 0.25) is 0 Å². The zero-order valence-corrected chi connectivity index (χ0v) is 13.4. The first kappa shape index (κ1) is 15.3. The van der Waals surface area contributed by atoms with Crippen LogP contribution in [0, 0.1) is 6.92 Å². The third-order valence-corrected chi connectivity index (χ3v) is 4.27. The number of imidazole rings is 1. The Labute approximate surface area is 132 Å². The van der Waals surface area contributed by atoms with Crippen LogP contribution in [0.25, 0.3) is 0 Å². The van der Waals surface area contributed by atoms with E-state index in [4.69, 9.17) is 9.47 Å². The predicted octanol–water partition coefficient (Wildman–Crippen LogP) is 3.35. The summed E-state index contributed by atoms with van der Waals surface area (Å²) in [6, 6.07) is 8.69. The molecule has 118 valence electrons. The van der Waals surface area contributed by atoms with Gasteiger partial charge >= 0.3 is 0 Å². The molecule has 2 aromatic rings. The smallest absolute Gasteiger partial charge is 0.187 e. The lowest BCUT2D eigenvalue weighted by atomic mass is 10.0. The maximum Gasteiger partial charge on any atom is 0.187 e. The fraction of sp³-hybridized carbons (Fsp3) is 0.500. The van der Waals surface area contributed by atoms with Gasteiger partial charge in [-0.25, -0.2) is 4.98 Å². The number of aryl methyl sites for hydroxylation is 2. The van der Waals surface area contributed by atoms with E-state index in [2.05, 4.69) is 43.1 Å². The van der Waals surface area contributed by atoms with E-state index in [1.165, 1.54) is 11.1 Å². The summed E-state index contributed by atoms with van der Waals surface area (Å²) in [6.45, 7) is 5.62. The van der Waals surface area contributed by atoms with Crippen LogP contribution in [0.3, 0.4) is 0 Å². The second-order valence-electron chi connectivity index (χ2n) is 6.09. The lowest BCUT2D eigenvalue weighted by Crippen LogP contribution is -2.36. The average molecular weight is 300 g/mol. The Morgan fingerprint density at radius 3 is 2.77 bits per heavy atom. The van der Waals surface area contributed by atoms with Crippen molar-refractivity contribution >= 4 is 0 Å². The van der Waals surface area contributed by atoms with E-state index in [0.29, 0.717) is 13.2 Å². The molecule has 1 aliphatic rings. The zero-order chi connectivity index (χ0) is 15.4. The summed E-state index contributed by atoms with van der Waals surface area (Å²) in [5.74, 6) is -0.535. The first-order valence-corrected chi connectivity index (χ1v) is 8.02. The first-order valence-electron chi connectivity index (χ1n) is 8.02. The van der Waals surface area contributed by atoms with Gasteiger partial charge in [0.05, 0.1) is 25.6 Å². The highest BCUT2D eigenvalue weighted by atomic mass is 16.7. The third-order valence-electron chi connectivity index (χ3n) is 4.27. The Hall–Kier alpha value is -1.65. The van der Waals surface area contributed by atoms with Gasteiger partial charge in [-0.2, -0.15) is 0 Å². The highest BCUT2D eigenvalue weighted by Gasteiger charge is 2.40. The Balaban J connectivity index is 1.70. The summed E-state index contributed by atoms with van der Waals surface area (Å²) in [5.41, 5.74) is 2.61. The highest BCUT2D eigenvalue weighted by Crippen LogP contribution is 2.31. The number of aromatic nitrogens is 2. The first-order chi connectivity index (χ1) is 10.7. The summed E-state index contributed by atoms with van der Waals surface area (Å²) < 4.78 is 14.4. The van der Waals surface area contributed by atoms with Crippen LogP contribution in [-0.4, -0.2) is 28.0 Å². The topological polar surface area (TPSA) is 36.3 Å². The average Bonchev–Trinajstić information content (AvgIpc) is 3.17. The van der Waals surface area contributed by atoms with Gasteiger partial charge in [0.15, 0.2) is 5.79 Å². The Morgan fingerprint density at radius 1 is 1.32 bits per heavy atom. The molecule has 1 fully saturated rings. The second-order valence-corrected chi connectivity index (χ2v) is 6.09. The van der Waals surface area contributed by atoms with Crippen LogP contribution in [-0.2, 0) is 22.4 Å². The summed E-state index contributed by atoms with van der Waals surface area (Å²) in [7, 11) is 0. The van der Waals surface area contributed by atoms with E-state index in [0.717, 1.165) is 19.3 Å². The number of rotatable bonds is 6.